The number of rotatable bonds is 7. The predicted molar refractivity (Wildman–Crippen MR) is 86.8 cm³/mol. The highest BCUT2D eigenvalue weighted by Gasteiger charge is 2.21. The van der Waals surface area contributed by atoms with Gasteiger partial charge in [0.05, 0.1) is 0 Å². The van der Waals surface area contributed by atoms with E-state index in [4.69, 9.17) is 0 Å². The maximum atomic E-state index is 4.32. The van der Waals surface area contributed by atoms with Crippen molar-refractivity contribution >= 4 is 10.8 Å². The second-order valence-corrected chi connectivity index (χ2v) is 5.45. The van der Waals surface area contributed by atoms with Gasteiger partial charge in [-0.2, -0.15) is 0 Å². The fraction of sp³-hybridized carbons (Fsp3) is 0.500. The van der Waals surface area contributed by atoms with Crippen LogP contribution < -0.4 is 5.32 Å². The minimum Gasteiger partial charge on any atom is -0.310 e. The van der Waals surface area contributed by atoms with Crippen molar-refractivity contribution in [2.45, 2.75) is 46.1 Å². The van der Waals surface area contributed by atoms with Crippen LogP contribution in [0.1, 0.15) is 51.6 Å². The van der Waals surface area contributed by atoms with E-state index in [1.165, 1.54) is 35.6 Å². The number of benzene rings is 1. The molecule has 1 unspecified atom stereocenters. The smallest absolute Gasteiger partial charge is 0.0355 e. The van der Waals surface area contributed by atoms with Gasteiger partial charge in [-0.3, -0.25) is 4.98 Å². The third-order valence-corrected chi connectivity index (χ3v) is 4.19. The van der Waals surface area contributed by atoms with Gasteiger partial charge in [0, 0.05) is 23.8 Å². The molecule has 0 saturated heterocycles. The molecule has 0 aliphatic carbocycles. The van der Waals surface area contributed by atoms with Crippen LogP contribution in [0.5, 0.6) is 0 Å². The number of fused-ring (bicyclic) bond motifs is 1. The Labute approximate surface area is 122 Å². The van der Waals surface area contributed by atoms with Crippen molar-refractivity contribution in [3.63, 3.8) is 0 Å². The first-order valence-electron chi connectivity index (χ1n) is 7.87. The summed E-state index contributed by atoms with van der Waals surface area (Å²) in [6, 6.07) is 9.13. The lowest BCUT2D eigenvalue weighted by Gasteiger charge is -2.28. The van der Waals surface area contributed by atoms with Crippen LogP contribution in [0.25, 0.3) is 10.8 Å². The molecule has 20 heavy (non-hydrogen) atoms. The average molecular weight is 270 g/mol. The molecule has 108 valence electrons. The highest BCUT2D eigenvalue weighted by Crippen LogP contribution is 2.32. The molecule has 0 saturated carbocycles. The Kier molecular flexibility index (Phi) is 5.54. The zero-order valence-corrected chi connectivity index (χ0v) is 12.9. The van der Waals surface area contributed by atoms with Gasteiger partial charge in [0.1, 0.15) is 0 Å². The van der Waals surface area contributed by atoms with Crippen LogP contribution >= 0.6 is 0 Å². The van der Waals surface area contributed by atoms with Crippen molar-refractivity contribution in [2.24, 2.45) is 5.92 Å². The van der Waals surface area contributed by atoms with Gasteiger partial charge in [0.25, 0.3) is 0 Å². The van der Waals surface area contributed by atoms with Gasteiger partial charge in [0.15, 0.2) is 0 Å². The highest BCUT2D eigenvalue weighted by atomic mass is 14.9. The molecule has 1 atom stereocenters. The fourth-order valence-corrected chi connectivity index (χ4v) is 3.00. The van der Waals surface area contributed by atoms with Gasteiger partial charge in [0.2, 0.25) is 0 Å². The SMILES string of the molecule is CCCNC(c1cccc2ccncc12)C(CC)CC. The van der Waals surface area contributed by atoms with Crippen molar-refractivity contribution < 1.29 is 0 Å². The number of nitrogens with zero attached hydrogens (tertiary/aromatic N) is 1. The van der Waals surface area contributed by atoms with E-state index in [2.05, 4.69) is 55.3 Å². The molecule has 1 heterocycles. The molecule has 1 aromatic heterocycles. The number of pyridine rings is 1. The van der Waals surface area contributed by atoms with Crippen LogP contribution in [0, 0.1) is 5.92 Å². The lowest BCUT2D eigenvalue weighted by molar-refractivity contribution is 0.343. The van der Waals surface area contributed by atoms with Crippen molar-refractivity contribution in [3.8, 4) is 0 Å². The summed E-state index contributed by atoms with van der Waals surface area (Å²) in [6.07, 6.45) is 7.45. The average Bonchev–Trinajstić information content (AvgIpc) is 2.51. The van der Waals surface area contributed by atoms with Gasteiger partial charge in [-0.1, -0.05) is 51.8 Å². The topological polar surface area (TPSA) is 24.9 Å². The van der Waals surface area contributed by atoms with Crippen LogP contribution in [-0.2, 0) is 0 Å². The van der Waals surface area contributed by atoms with E-state index in [0.717, 1.165) is 6.54 Å². The number of nitrogens with one attached hydrogen (secondary N) is 1. The normalized spacial score (nSPS) is 13.0. The van der Waals surface area contributed by atoms with Crippen LogP contribution in [0.2, 0.25) is 0 Å². The second kappa shape index (κ2) is 7.39. The first-order chi connectivity index (χ1) is 9.81. The summed E-state index contributed by atoms with van der Waals surface area (Å²) in [6.45, 7) is 7.87. The predicted octanol–water partition coefficient (Wildman–Crippen LogP) is 4.71. The molecule has 0 aliphatic heterocycles. The maximum absolute atomic E-state index is 4.32. The van der Waals surface area contributed by atoms with Gasteiger partial charge in [-0.25, -0.2) is 0 Å². The lowest BCUT2D eigenvalue weighted by Crippen LogP contribution is -2.28. The van der Waals surface area contributed by atoms with Gasteiger partial charge >= 0.3 is 0 Å². The largest absolute Gasteiger partial charge is 0.310 e. The molecular formula is C18H26N2. The summed E-state index contributed by atoms with van der Waals surface area (Å²) in [4.78, 5) is 4.32. The van der Waals surface area contributed by atoms with Crippen molar-refractivity contribution in [1.82, 2.24) is 10.3 Å². The molecule has 0 spiro atoms. The number of hydrogen-bond donors (Lipinski definition) is 1. The van der Waals surface area contributed by atoms with E-state index in [0.29, 0.717) is 12.0 Å². The maximum Gasteiger partial charge on any atom is 0.0355 e. The molecule has 0 amide bonds. The van der Waals surface area contributed by atoms with Crippen molar-refractivity contribution in [2.75, 3.05) is 6.54 Å². The van der Waals surface area contributed by atoms with E-state index in [1.807, 2.05) is 12.4 Å². The Morgan fingerprint density at radius 1 is 1.10 bits per heavy atom. The zero-order valence-electron chi connectivity index (χ0n) is 12.9. The molecular weight excluding hydrogens is 244 g/mol. The lowest BCUT2D eigenvalue weighted by atomic mass is 9.86. The molecule has 1 N–H and O–H groups in total. The summed E-state index contributed by atoms with van der Waals surface area (Å²) in [5.74, 6) is 0.673. The van der Waals surface area contributed by atoms with E-state index in [-0.39, 0.29) is 0 Å². The van der Waals surface area contributed by atoms with E-state index < -0.39 is 0 Å². The van der Waals surface area contributed by atoms with E-state index in [1.54, 1.807) is 0 Å². The van der Waals surface area contributed by atoms with Crippen LogP contribution in [0.15, 0.2) is 36.7 Å². The molecule has 0 radical (unpaired) electrons. The quantitative estimate of drug-likeness (QED) is 0.788. The van der Waals surface area contributed by atoms with Crippen LogP contribution in [0.3, 0.4) is 0 Å². The summed E-state index contributed by atoms with van der Waals surface area (Å²) in [5, 5.41) is 6.32. The Morgan fingerprint density at radius 3 is 2.60 bits per heavy atom. The molecule has 0 aliphatic rings. The van der Waals surface area contributed by atoms with Crippen LogP contribution in [-0.4, -0.2) is 11.5 Å². The second-order valence-electron chi connectivity index (χ2n) is 5.45. The molecule has 2 heteroatoms. The molecule has 2 nitrogen and oxygen atoms in total. The van der Waals surface area contributed by atoms with E-state index >= 15 is 0 Å². The molecule has 2 aromatic rings. The van der Waals surface area contributed by atoms with Gasteiger partial charge in [-0.05, 0) is 35.9 Å². The number of aromatic nitrogens is 1. The minimum atomic E-state index is 0.429. The molecule has 0 fully saturated rings. The monoisotopic (exact) mass is 270 g/mol. The molecule has 2 rings (SSSR count). The van der Waals surface area contributed by atoms with E-state index in [9.17, 15) is 0 Å². The summed E-state index contributed by atoms with van der Waals surface area (Å²) < 4.78 is 0. The Balaban J connectivity index is 2.44. The summed E-state index contributed by atoms with van der Waals surface area (Å²) in [7, 11) is 0. The highest BCUT2D eigenvalue weighted by molar-refractivity contribution is 5.85. The third kappa shape index (κ3) is 3.18. The van der Waals surface area contributed by atoms with Crippen molar-refractivity contribution in [1.29, 1.82) is 0 Å². The van der Waals surface area contributed by atoms with Crippen molar-refractivity contribution in [3.05, 3.63) is 42.2 Å². The zero-order chi connectivity index (χ0) is 14.4. The molecule has 0 bridgehead atoms. The van der Waals surface area contributed by atoms with Crippen LogP contribution in [0.4, 0.5) is 0 Å². The standard InChI is InChI=1S/C18H26N2/c1-4-11-20-18(14(5-2)6-3)16-9-7-8-15-10-12-19-13-17(15)16/h7-10,12-14,18,20H,4-6,11H2,1-3H3. The van der Waals surface area contributed by atoms with Gasteiger partial charge in [-0.15, -0.1) is 0 Å². The third-order valence-electron chi connectivity index (χ3n) is 4.19. The van der Waals surface area contributed by atoms with Gasteiger partial charge < -0.3 is 5.32 Å². The Hall–Kier alpha value is -1.41. The Morgan fingerprint density at radius 2 is 1.90 bits per heavy atom. The first-order valence-corrected chi connectivity index (χ1v) is 7.87. The molecule has 1 aromatic carbocycles. The number of hydrogen-bond acceptors (Lipinski definition) is 2. The summed E-state index contributed by atoms with van der Waals surface area (Å²) >= 11 is 0. The minimum absolute atomic E-state index is 0.429. The Bertz CT molecular complexity index is 526. The summed E-state index contributed by atoms with van der Waals surface area (Å²) in [5.41, 5.74) is 1.40. The fourth-order valence-electron chi connectivity index (χ4n) is 3.00. The first kappa shape index (κ1) is 15.0.